The van der Waals surface area contributed by atoms with Gasteiger partial charge in [0.15, 0.2) is 0 Å². The maximum atomic E-state index is 11.2. The number of carbonyl (C=O) groups excluding carboxylic acids is 1. The third kappa shape index (κ3) is 2.16. The van der Waals surface area contributed by atoms with Gasteiger partial charge in [0.2, 0.25) is 5.91 Å². The topological polar surface area (TPSA) is 72.3 Å². The lowest BCUT2D eigenvalue weighted by Gasteiger charge is -2.37. The molecule has 4 heteroatoms. The molecule has 0 aromatic rings. The predicted octanol–water partition coefficient (Wildman–Crippen LogP) is 0.0635. The molecule has 2 saturated heterocycles. The molecule has 0 saturated carbocycles. The Kier molecular flexibility index (Phi) is 3.26. The zero-order valence-electron chi connectivity index (χ0n) is 9.19. The highest BCUT2D eigenvalue weighted by Gasteiger charge is 2.41. The van der Waals surface area contributed by atoms with Crippen molar-refractivity contribution in [3.8, 4) is 0 Å². The number of nitrogens with two attached hydrogens (primary N) is 2. The summed E-state index contributed by atoms with van der Waals surface area (Å²) in [5, 5.41) is 0. The minimum Gasteiger partial charge on any atom is -0.369 e. The van der Waals surface area contributed by atoms with Crippen molar-refractivity contribution in [2.75, 3.05) is 13.1 Å². The number of hydrogen-bond donors (Lipinski definition) is 2. The number of fused-ring (bicyclic) bond motifs is 2. The van der Waals surface area contributed by atoms with E-state index in [0.717, 1.165) is 32.4 Å². The first-order valence-corrected chi connectivity index (χ1v) is 5.97. The molecule has 0 aliphatic carbocycles. The molecule has 0 spiro atoms. The Morgan fingerprint density at radius 2 is 1.87 bits per heavy atom. The van der Waals surface area contributed by atoms with E-state index < -0.39 is 0 Å². The third-order valence-corrected chi connectivity index (χ3v) is 3.91. The summed E-state index contributed by atoms with van der Waals surface area (Å²) >= 11 is 0. The van der Waals surface area contributed by atoms with E-state index in [9.17, 15) is 4.79 Å². The summed E-state index contributed by atoms with van der Waals surface area (Å²) in [5.41, 5.74) is 10.9. The van der Waals surface area contributed by atoms with Gasteiger partial charge in [-0.05, 0) is 45.2 Å². The summed E-state index contributed by atoms with van der Waals surface area (Å²) in [6, 6.07) is 1.18. The average Bonchev–Trinajstić information content (AvgIpc) is 2.47. The lowest BCUT2D eigenvalue weighted by atomic mass is 9.90. The smallest absolute Gasteiger partial charge is 0.220 e. The minimum atomic E-state index is -0.106. The van der Waals surface area contributed by atoms with Crippen LogP contribution in [0.2, 0.25) is 0 Å². The van der Waals surface area contributed by atoms with Crippen LogP contribution in [0.15, 0.2) is 0 Å². The molecular formula is C11H21N3O. The van der Waals surface area contributed by atoms with Gasteiger partial charge in [0, 0.05) is 18.0 Å². The Morgan fingerprint density at radius 3 is 2.33 bits per heavy atom. The van der Waals surface area contributed by atoms with Gasteiger partial charge in [0.25, 0.3) is 0 Å². The summed E-state index contributed by atoms with van der Waals surface area (Å²) in [5.74, 6) is 0.0157. The molecule has 0 aromatic heterocycles. The van der Waals surface area contributed by atoms with Gasteiger partial charge in [-0.3, -0.25) is 9.69 Å². The van der Waals surface area contributed by atoms with Crippen molar-refractivity contribution in [1.82, 2.24) is 4.90 Å². The van der Waals surface area contributed by atoms with Gasteiger partial charge in [0.05, 0.1) is 0 Å². The van der Waals surface area contributed by atoms with Gasteiger partial charge in [0.1, 0.15) is 0 Å². The Labute approximate surface area is 91.0 Å². The van der Waals surface area contributed by atoms with Crippen LogP contribution in [0.1, 0.15) is 32.1 Å². The first kappa shape index (κ1) is 10.9. The molecule has 4 nitrogen and oxygen atoms in total. The fraction of sp³-hybridized carbons (Fsp3) is 0.909. The first-order chi connectivity index (χ1) is 7.22. The van der Waals surface area contributed by atoms with Crippen molar-refractivity contribution in [2.24, 2.45) is 17.4 Å². The zero-order chi connectivity index (χ0) is 10.8. The van der Waals surface area contributed by atoms with E-state index in [4.69, 9.17) is 11.5 Å². The lowest BCUT2D eigenvalue weighted by molar-refractivity contribution is -0.124. The number of amides is 1. The average molecular weight is 211 g/mol. The number of nitrogens with zero attached hydrogens (tertiary/aromatic N) is 1. The summed E-state index contributed by atoms with van der Waals surface area (Å²) in [6.07, 6.45) is 5.47. The molecule has 4 N–H and O–H groups in total. The van der Waals surface area contributed by atoms with Crippen LogP contribution >= 0.6 is 0 Å². The van der Waals surface area contributed by atoms with Crippen LogP contribution < -0.4 is 11.5 Å². The monoisotopic (exact) mass is 211 g/mol. The molecule has 2 heterocycles. The SMILES string of the molecule is NCCCN1C2CCC1CC(C(N)=O)C2. The van der Waals surface area contributed by atoms with Gasteiger partial charge in [-0.2, -0.15) is 0 Å². The molecule has 2 rings (SSSR count). The second-order valence-corrected chi connectivity index (χ2v) is 4.84. The fourth-order valence-electron chi connectivity index (χ4n) is 3.15. The van der Waals surface area contributed by atoms with Crippen molar-refractivity contribution >= 4 is 5.91 Å². The van der Waals surface area contributed by atoms with Crippen LogP contribution in [0.25, 0.3) is 0 Å². The Morgan fingerprint density at radius 1 is 1.27 bits per heavy atom. The maximum Gasteiger partial charge on any atom is 0.220 e. The Hall–Kier alpha value is -0.610. The highest BCUT2D eigenvalue weighted by molar-refractivity contribution is 5.76. The van der Waals surface area contributed by atoms with Gasteiger partial charge in [-0.1, -0.05) is 0 Å². The number of rotatable bonds is 4. The van der Waals surface area contributed by atoms with Gasteiger partial charge in [-0.25, -0.2) is 0 Å². The molecule has 1 amide bonds. The second kappa shape index (κ2) is 4.49. The third-order valence-electron chi connectivity index (χ3n) is 3.91. The van der Waals surface area contributed by atoms with E-state index in [2.05, 4.69) is 4.90 Å². The summed E-state index contributed by atoms with van der Waals surface area (Å²) in [7, 11) is 0. The molecule has 2 unspecified atom stereocenters. The molecule has 2 aliphatic rings. The summed E-state index contributed by atoms with van der Waals surface area (Å²) < 4.78 is 0. The molecule has 0 aromatic carbocycles. The highest BCUT2D eigenvalue weighted by Crippen LogP contribution is 2.38. The zero-order valence-corrected chi connectivity index (χ0v) is 9.19. The molecule has 0 radical (unpaired) electrons. The molecule has 15 heavy (non-hydrogen) atoms. The largest absolute Gasteiger partial charge is 0.369 e. The normalized spacial score (nSPS) is 35.7. The Bertz CT molecular complexity index is 230. The molecule has 2 fully saturated rings. The standard InChI is InChI=1S/C11H21N3O/c12-4-1-5-14-9-2-3-10(14)7-8(6-9)11(13)15/h8-10H,1-7,12H2,(H2,13,15). The Balaban J connectivity index is 1.94. The molecule has 2 aliphatic heterocycles. The van der Waals surface area contributed by atoms with E-state index in [1.54, 1.807) is 0 Å². The first-order valence-electron chi connectivity index (χ1n) is 5.97. The van der Waals surface area contributed by atoms with Crippen LogP contribution in [0.5, 0.6) is 0 Å². The van der Waals surface area contributed by atoms with Crippen molar-refractivity contribution in [2.45, 2.75) is 44.2 Å². The molecule has 2 bridgehead atoms. The summed E-state index contributed by atoms with van der Waals surface area (Å²) in [6.45, 7) is 1.85. The van der Waals surface area contributed by atoms with Gasteiger partial charge in [-0.15, -0.1) is 0 Å². The van der Waals surface area contributed by atoms with Crippen LogP contribution in [0.4, 0.5) is 0 Å². The van der Waals surface area contributed by atoms with Crippen molar-refractivity contribution in [1.29, 1.82) is 0 Å². The van der Waals surface area contributed by atoms with E-state index in [0.29, 0.717) is 12.1 Å². The van der Waals surface area contributed by atoms with Gasteiger partial charge < -0.3 is 11.5 Å². The van der Waals surface area contributed by atoms with Gasteiger partial charge >= 0.3 is 0 Å². The highest BCUT2D eigenvalue weighted by atomic mass is 16.1. The van der Waals surface area contributed by atoms with E-state index in [1.165, 1.54) is 12.8 Å². The van der Waals surface area contributed by atoms with E-state index in [-0.39, 0.29) is 11.8 Å². The van der Waals surface area contributed by atoms with Crippen LogP contribution in [-0.4, -0.2) is 36.0 Å². The summed E-state index contributed by atoms with van der Waals surface area (Å²) in [4.78, 5) is 13.7. The number of piperidine rings is 1. The second-order valence-electron chi connectivity index (χ2n) is 4.84. The maximum absolute atomic E-state index is 11.2. The van der Waals surface area contributed by atoms with Crippen LogP contribution in [0.3, 0.4) is 0 Å². The van der Waals surface area contributed by atoms with Crippen LogP contribution in [0, 0.1) is 5.92 Å². The number of hydrogen-bond acceptors (Lipinski definition) is 3. The molecule has 86 valence electrons. The van der Waals surface area contributed by atoms with Crippen molar-refractivity contribution in [3.63, 3.8) is 0 Å². The minimum absolute atomic E-state index is 0.106. The molecule has 2 atom stereocenters. The van der Waals surface area contributed by atoms with Crippen LogP contribution in [-0.2, 0) is 4.79 Å². The number of carbonyl (C=O) groups is 1. The quantitative estimate of drug-likeness (QED) is 0.691. The van der Waals surface area contributed by atoms with Crippen molar-refractivity contribution in [3.05, 3.63) is 0 Å². The van der Waals surface area contributed by atoms with Crippen molar-refractivity contribution < 1.29 is 4.79 Å². The number of primary amides is 1. The van der Waals surface area contributed by atoms with E-state index in [1.807, 2.05) is 0 Å². The lowest BCUT2D eigenvalue weighted by Crippen LogP contribution is -2.46. The van der Waals surface area contributed by atoms with E-state index >= 15 is 0 Å². The predicted molar refractivity (Wildman–Crippen MR) is 59.1 cm³/mol. The fourth-order valence-corrected chi connectivity index (χ4v) is 3.15. The molecular weight excluding hydrogens is 190 g/mol.